The van der Waals surface area contributed by atoms with E-state index in [2.05, 4.69) is 22.6 Å². The summed E-state index contributed by atoms with van der Waals surface area (Å²) in [6, 6.07) is 5.38. The van der Waals surface area contributed by atoms with Gasteiger partial charge < -0.3 is 10.6 Å². The minimum Gasteiger partial charge on any atom is -0.338 e. The average Bonchev–Trinajstić information content (AvgIpc) is 2.26. The minimum atomic E-state index is -0.0978. The molecule has 0 radical (unpaired) electrons. The second-order valence-corrected chi connectivity index (χ2v) is 5.28. The van der Waals surface area contributed by atoms with Gasteiger partial charge in [-0.05, 0) is 47.7 Å². The van der Waals surface area contributed by atoms with Crippen LogP contribution >= 0.6 is 46.6 Å². The van der Waals surface area contributed by atoms with E-state index >= 15 is 0 Å². The fourth-order valence-corrected chi connectivity index (χ4v) is 2.15. The molecule has 6 heteroatoms. The summed E-state index contributed by atoms with van der Waals surface area (Å²) >= 11 is 8.19. The highest BCUT2D eigenvalue weighted by Crippen LogP contribution is 2.20. The number of nitrogens with zero attached hydrogens (tertiary/aromatic N) is 1. The van der Waals surface area contributed by atoms with Crippen LogP contribution in [0.5, 0.6) is 0 Å². The quantitative estimate of drug-likeness (QED) is 0.809. The van der Waals surface area contributed by atoms with Crippen LogP contribution in [0.4, 0.5) is 0 Å². The Labute approximate surface area is 126 Å². The number of likely N-dealkylation sites (N-methyl/N-ethyl adjacent to an activating group) is 1. The summed E-state index contributed by atoms with van der Waals surface area (Å²) in [5.74, 6) is -0.0978. The number of benzene rings is 1. The van der Waals surface area contributed by atoms with Crippen molar-refractivity contribution < 1.29 is 4.79 Å². The van der Waals surface area contributed by atoms with Crippen LogP contribution in [0.25, 0.3) is 0 Å². The van der Waals surface area contributed by atoms with Gasteiger partial charge in [-0.1, -0.05) is 11.6 Å². The van der Waals surface area contributed by atoms with Gasteiger partial charge in [0.25, 0.3) is 5.91 Å². The zero-order valence-corrected chi connectivity index (χ0v) is 13.3. The highest BCUT2D eigenvalue weighted by Gasteiger charge is 2.18. The highest BCUT2D eigenvalue weighted by molar-refractivity contribution is 14.1. The molecule has 1 aromatic rings. The molecule has 17 heavy (non-hydrogen) atoms. The van der Waals surface area contributed by atoms with Crippen molar-refractivity contribution in [1.82, 2.24) is 4.90 Å². The monoisotopic (exact) mass is 388 g/mol. The van der Waals surface area contributed by atoms with Gasteiger partial charge in [-0.25, -0.2) is 0 Å². The maximum Gasteiger partial charge on any atom is 0.255 e. The third kappa shape index (κ3) is 4.28. The number of amides is 1. The van der Waals surface area contributed by atoms with E-state index in [0.717, 1.165) is 3.57 Å². The van der Waals surface area contributed by atoms with Crippen LogP contribution in [-0.2, 0) is 0 Å². The lowest BCUT2D eigenvalue weighted by Crippen LogP contribution is -2.39. The number of rotatable bonds is 3. The summed E-state index contributed by atoms with van der Waals surface area (Å²) in [4.78, 5) is 13.7. The molecule has 0 aliphatic rings. The Morgan fingerprint density at radius 3 is 2.65 bits per heavy atom. The third-order valence-corrected chi connectivity index (χ3v) is 3.47. The lowest BCUT2D eigenvalue weighted by atomic mass is 10.2. The first-order valence-corrected chi connectivity index (χ1v) is 6.35. The van der Waals surface area contributed by atoms with Gasteiger partial charge in [-0.15, -0.1) is 12.4 Å². The average molecular weight is 389 g/mol. The van der Waals surface area contributed by atoms with E-state index in [1.165, 1.54) is 0 Å². The fraction of sp³-hybridized carbons (Fsp3) is 0.364. The Kier molecular flexibility index (Phi) is 7.39. The zero-order valence-electron chi connectivity index (χ0n) is 9.61. The number of nitrogens with two attached hydrogens (primary N) is 1. The van der Waals surface area contributed by atoms with Crippen molar-refractivity contribution in [2.24, 2.45) is 5.73 Å². The van der Waals surface area contributed by atoms with Crippen molar-refractivity contribution in [3.63, 3.8) is 0 Å². The maximum absolute atomic E-state index is 12.1. The van der Waals surface area contributed by atoms with E-state index < -0.39 is 0 Å². The largest absolute Gasteiger partial charge is 0.338 e. The Hall–Kier alpha value is -0.0400. The summed E-state index contributed by atoms with van der Waals surface area (Å²) in [5, 5.41) is 0.480. The van der Waals surface area contributed by atoms with Crippen LogP contribution in [-0.4, -0.2) is 30.4 Å². The number of carbonyl (C=O) groups is 1. The molecule has 1 unspecified atom stereocenters. The molecule has 0 aromatic heterocycles. The molecule has 3 nitrogen and oxygen atoms in total. The van der Waals surface area contributed by atoms with E-state index in [0.29, 0.717) is 17.1 Å². The van der Waals surface area contributed by atoms with Crippen LogP contribution < -0.4 is 5.73 Å². The summed E-state index contributed by atoms with van der Waals surface area (Å²) in [5.41, 5.74) is 6.04. The zero-order chi connectivity index (χ0) is 12.3. The Bertz CT molecular complexity index is 401. The van der Waals surface area contributed by atoms with Gasteiger partial charge >= 0.3 is 0 Å². The first-order valence-electron chi connectivity index (χ1n) is 4.89. The minimum absolute atomic E-state index is 0. The van der Waals surface area contributed by atoms with Crippen molar-refractivity contribution >= 4 is 52.5 Å². The van der Waals surface area contributed by atoms with E-state index in [4.69, 9.17) is 17.3 Å². The van der Waals surface area contributed by atoms with Gasteiger partial charge in [0.15, 0.2) is 0 Å². The third-order valence-electron chi connectivity index (χ3n) is 2.48. The Morgan fingerprint density at radius 1 is 1.59 bits per heavy atom. The molecule has 1 rings (SSSR count). The number of hydrogen-bond acceptors (Lipinski definition) is 2. The molecule has 0 saturated carbocycles. The predicted octanol–water partition coefficient (Wildman–Crippen LogP) is 2.79. The molecule has 0 spiro atoms. The molecular formula is C11H15Cl2IN2O. The first kappa shape index (κ1) is 17.0. The van der Waals surface area contributed by atoms with E-state index in [1.54, 1.807) is 24.1 Å². The molecular weight excluding hydrogens is 374 g/mol. The predicted molar refractivity (Wildman–Crippen MR) is 82.0 cm³/mol. The van der Waals surface area contributed by atoms with Gasteiger partial charge in [-0.2, -0.15) is 0 Å². The molecule has 0 saturated heterocycles. The fourth-order valence-electron chi connectivity index (χ4n) is 1.21. The highest BCUT2D eigenvalue weighted by atomic mass is 127. The van der Waals surface area contributed by atoms with Gasteiger partial charge in [0.2, 0.25) is 0 Å². The summed E-state index contributed by atoms with van der Waals surface area (Å²) in [6.45, 7) is 2.34. The van der Waals surface area contributed by atoms with Crippen molar-refractivity contribution in [2.45, 2.75) is 13.0 Å². The molecule has 0 heterocycles. The van der Waals surface area contributed by atoms with Gasteiger partial charge in [-0.3, -0.25) is 4.79 Å². The van der Waals surface area contributed by atoms with E-state index in [1.807, 2.05) is 13.0 Å². The van der Waals surface area contributed by atoms with E-state index in [9.17, 15) is 4.79 Å². The normalized spacial score (nSPS) is 11.6. The van der Waals surface area contributed by atoms with E-state index in [-0.39, 0.29) is 24.4 Å². The second kappa shape index (κ2) is 7.41. The molecule has 0 aliphatic carbocycles. The molecule has 0 aliphatic heterocycles. The van der Waals surface area contributed by atoms with Crippen LogP contribution in [0.2, 0.25) is 5.02 Å². The molecule has 1 aromatic carbocycles. The Morgan fingerprint density at radius 2 is 2.18 bits per heavy atom. The van der Waals surface area contributed by atoms with Gasteiger partial charge in [0, 0.05) is 23.2 Å². The first-order chi connectivity index (χ1) is 7.47. The number of hydrogen-bond donors (Lipinski definition) is 1. The molecule has 0 bridgehead atoms. The van der Waals surface area contributed by atoms with Crippen molar-refractivity contribution in [3.8, 4) is 0 Å². The van der Waals surface area contributed by atoms with Gasteiger partial charge in [0.05, 0.1) is 10.6 Å². The molecule has 0 fully saturated rings. The lowest BCUT2D eigenvalue weighted by molar-refractivity contribution is 0.0748. The molecule has 1 amide bonds. The lowest BCUT2D eigenvalue weighted by Gasteiger charge is -2.24. The SMILES string of the molecule is CC(CN)N(C)C(=O)c1ccc(I)cc1Cl.Cl. The molecule has 2 N–H and O–H groups in total. The second-order valence-electron chi connectivity index (χ2n) is 3.62. The number of carbonyl (C=O) groups excluding carboxylic acids is 1. The molecule has 1 atom stereocenters. The van der Waals surface area contributed by atoms with Crippen molar-refractivity contribution in [1.29, 1.82) is 0 Å². The summed E-state index contributed by atoms with van der Waals surface area (Å²) in [7, 11) is 1.73. The smallest absolute Gasteiger partial charge is 0.255 e. The topological polar surface area (TPSA) is 46.3 Å². The van der Waals surface area contributed by atoms with Crippen LogP contribution in [0.1, 0.15) is 17.3 Å². The van der Waals surface area contributed by atoms with Crippen molar-refractivity contribution in [3.05, 3.63) is 32.4 Å². The van der Waals surface area contributed by atoms with Crippen LogP contribution in [0.3, 0.4) is 0 Å². The Balaban J connectivity index is 0.00000256. The summed E-state index contributed by atoms with van der Waals surface area (Å²) in [6.07, 6.45) is 0. The van der Waals surface area contributed by atoms with Crippen LogP contribution in [0, 0.1) is 3.57 Å². The van der Waals surface area contributed by atoms with Crippen molar-refractivity contribution in [2.75, 3.05) is 13.6 Å². The summed E-state index contributed by atoms with van der Waals surface area (Å²) < 4.78 is 1.01. The molecule has 96 valence electrons. The van der Waals surface area contributed by atoms with Gasteiger partial charge in [0.1, 0.15) is 0 Å². The van der Waals surface area contributed by atoms with Crippen LogP contribution in [0.15, 0.2) is 18.2 Å². The standard InChI is InChI=1S/C11H14ClIN2O.ClH/c1-7(6-14)15(2)11(16)9-4-3-8(13)5-10(9)12;/h3-5,7H,6,14H2,1-2H3;1H. The number of halogens is 3. The maximum atomic E-state index is 12.1.